The summed E-state index contributed by atoms with van der Waals surface area (Å²) in [7, 11) is 1.59. The molecule has 0 fully saturated rings. The Balaban J connectivity index is 1.27. The third kappa shape index (κ3) is 4.35. The van der Waals surface area contributed by atoms with Gasteiger partial charge in [0.1, 0.15) is 6.61 Å². The number of nitrogens with zero attached hydrogens (tertiary/aromatic N) is 1. The topological polar surface area (TPSA) is 60.5 Å². The molecule has 4 rings (SSSR count). The molecule has 1 amide bonds. The van der Waals surface area contributed by atoms with Gasteiger partial charge in [-0.25, -0.2) is 9.78 Å². The molecule has 0 saturated heterocycles. The fourth-order valence-electron chi connectivity index (χ4n) is 3.77. The molecule has 0 unspecified atom stereocenters. The summed E-state index contributed by atoms with van der Waals surface area (Å²) in [5, 5.41) is 2.81. The first-order valence-corrected chi connectivity index (χ1v) is 10.0. The molecule has 0 saturated carbocycles. The van der Waals surface area contributed by atoms with Crippen LogP contribution in [0, 0.1) is 0 Å². The van der Waals surface area contributed by atoms with E-state index in [9.17, 15) is 4.79 Å². The molecule has 1 aliphatic rings. The van der Waals surface area contributed by atoms with Crippen LogP contribution in [-0.4, -0.2) is 31.3 Å². The van der Waals surface area contributed by atoms with E-state index in [2.05, 4.69) is 34.6 Å². The molecule has 30 heavy (non-hydrogen) atoms. The van der Waals surface area contributed by atoms with Crippen LogP contribution in [0.1, 0.15) is 29.0 Å². The lowest BCUT2D eigenvalue weighted by atomic mass is 9.98. The summed E-state index contributed by atoms with van der Waals surface area (Å²) in [6.45, 7) is 0.835. The van der Waals surface area contributed by atoms with Crippen molar-refractivity contribution in [3.05, 3.63) is 89.6 Å². The molecule has 152 valence electrons. The predicted octanol–water partition coefficient (Wildman–Crippen LogP) is 5.03. The summed E-state index contributed by atoms with van der Waals surface area (Å²) < 4.78 is 10.6. The van der Waals surface area contributed by atoms with Crippen LogP contribution in [0.5, 0.6) is 5.88 Å². The van der Waals surface area contributed by atoms with E-state index in [4.69, 9.17) is 9.47 Å². The van der Waals surface area contributed by atoms with E-state index in [0.717, 1.165) is 5.56 Å². The van der Waals surface area contributed by atoms with Crippen molar-refractivity contribution in [1.29, 1.82) is 0 Å². The van der Waals surface area contributed by atoms with Gasteiger partial charge in [0.15, 0.2) is 0 Å². The molecule has 3 aromatic rings. The smallest absolute Gasteiger partial charge is 0.407 e. The van der Waals surface area contributed by atoms with Crippen molar-refractivity contribution in [2.45, 2.75) is 12.3 Å². The minimum atomic E-state index is -0.393. The Morgan fingerprint density at radius 2 is 1.77 bits per heavy atom. The molecule has 0 spiro atoms. The molecule has 1 aromatic heterocycles. The van der Waals surface area contributed by atoms with Crippen molar-refractivity contribution >= 4 is 12.2 Å². The number of fused-ring (bicyclic) bond motifs is 3. The van der Waals surface area contributed by atoms with Crippen molar-refractivity contribution < 1.29 is 14.3 Å². The number of hydrogen-bond donors (Lipinski definition) is 1. The Bertz CT molecular complexity index is 1020. The number of carbonyl (C=O) groups excluding carboxylic acids is 1. The maximum Gasteiger partial charge on any atom is 0.407 e. The maximum atomic E-state index is 12.2. The fraction of sp³-hybridized carbons (Fsp3) is 0.200. The largest absolute Gasteiger partial charge is 0.481 e. The first kappa shape index (κ1) is 19.7. The number of nitrogens with one attached hydrogen (secondary N) is 1. The Morgan fingerprint density at radius 3 is 2.47 bits per heavy atom. The summed E-state index contributed by atoms with van der Waals surface area (Å²) in [6.07, 6.45) is 5.99. The van der Waals surface area contributed by atoms with E-state index in [0.29, 0.717) is 25.5 Å². The lowest BCUT2D eigenvalue weighted by molar-refractivity contribution is 0.143. The molecule has 0 bridgehead atoms. The van der Waals surface area contributed by atoms with Gasteiger partial charge in [-0.3, -0.25) is 0 Å². The molecule has 1 heterocycles. The standard InChI is InChI=1S/C25H24N2O3/c1-29-24-16-18(13-15-26-24)8-6-7-14-27-25(28)30-17-23-21-11-4-2-9-19(21)20-10-3-5-12-22(20)23/h2-6,8-13,15-16,23H,7,14,17H2,1H3,(H,27,28). The average Bonchev–Trinajstić information content (AvgIpc) is 3.11. The van der Waals surface area contributed by atoms with Crippen molar-refractivity contribution in [3.8, 4) is 17.0 Å². The maximum absolute atomic E-state index is 12.2. The lowest BCUT2D eigenvalue weighted by Crippen LogP contribution is -2.26. The predicted molar refractivity (Wildman–Crippen MR) is 118 cm³/mol. The molecule has 0 aliphatic heterocycles. The van der Waals surface area contributed by atoms with Crippen LogP contribution in [0.15, 0.2) is 72.9 Å². The zero-order chi connectivity index (χ0) is 20.8. The molecular weight excluding hydrogens is 376 g/mol. The van der Waals surface area contributed by atoms with Crippen LogP contribution in [0.2, 0.25) is 0 Å². The van der Waals surface area contributed by atoms with Gasteiger partial charge in [-0.2, -0.15) is 0 Å². The van der Waals surface area contributed by atoms with E-state index >= 15 is 0 Å². The summed E-state index contributed by atoms with van der Waals surface area (Å²) in [4.78, 5) is 16.2. The number of methoxy groups -OCH3 is 1. The number of amides is 1. The highest BCUT2D eigenvalue weighted by Crippen LogP contribution is 2.44. The van der Waals surface area contributed by atoms with Crippen molar-refractivity contribution in [2.24, 2.45) is 0 Å². The van der Waals surface area contributed by atoms with Crippen LogP contribution in [-0.2, 0) is 4.74 Å². The molecule has 1 N–H and O–H groups in total. The van der Waals surface area contributed by atoms with Crippen LogP contribution in [0.3, 0.4) is 0 Å². The lowest BCUT2D eigenvalue weighted by Gasteiger charge is -2.14. The Morgan fingerprint density at radius 1 is 1.07 bits per heavy atom. The number of ether oxygens (including phenoxy) is 2. The van der Waals surface area contributed by atoms with Gasteiger partial charge in [0, 0.05) is 24.7 Å². The van der Waals surface area contributed by atoms with Gasteiger partial charge in [0.25, 0.3) is 0 Å². The molecule has 5 nitrogen and oxygen atoms in total. The normalized spacial score (nSPS) is 12.4. The summed E-state index contributed by atoms with van der Waals surface area (Å²) in [6, 6.07) is 20.4. The van der Waals surface area contributed by atoms with Crippen molar-refractivity contribution in [1.82, 2.24) is 10.3 Å². The fourth-order valence-corrected chi connectivity index (χ4v) is 3.77. The quantitative estimate of drug-likeness (QED) is 0.565. The van der Waals surface area contributed by atoms with Crippen LogP contribution in [0.4, 0.5) is 4.79 Å². The molecular formula is C25H24N2O3. The van der Waals surface area contributed by atoms with Crippen LogP contribution in [0.25, 0.3) is 17.2 Å². The van der Waals surface area contributed by atoms with Gasteiger partial charge >= 0.3 is 6.09 Å². The minimum Gasteiger partial charge on any atom is -0.481 e. The van der Waals surface area contributed by atoms with E-state index in [1.165, 1.54) is 22.3 Å². The Kier molecular flexibility index (Phi) is 6.09. The number of aromatic nitrogens is 1. The van der Waals surface area contributed by atoms with Crippen molar-refractivity contribution in [3.63, 3.8) is 0 Å². The second kappa shape index (κ2) is 9.27. The zero-order valence-electron chi connectivity index (χ0n) is 16.9. The summed E-state index contributed by atoms with van der Waals surface area (Å²) >= 11 is 0. The third-order valence-electron chi connectivity index (χ3n) is 5.20. The molecule has 0 radical (unpaired) electrons. The number of carbonyl (C=O) groups is 1. The summed E-state index contributed by atoms with van der Waals surface area (Å²) in [5.41, 5.74) is 5.87. The van der Waals surface area contributed by atoms with Gasteiger partial charge in [0.05, 0.1) is 7.11 Å². The molecule has 0 atom stereocenters. The summed E-state index contributed by atoms with van der Waals surface area (Å²) in [5.74, 6) is 0.652. The van der Waals surface area contributed by atoms with E-state index < -0.39 is 6.09 Å². The van der Waals surface area contributed by atoms with Gasteiger partial charge in [-0.15, -0.1) is 0 Å². The third-order valence-corrected chi connectivity index (χ3v) is 5.20. The average molecular weight is 400 g/mol. The van der Waals surface area contributed by atoms with Crippen LogP contribution >= 0.6 is 0 Å². The molecule has 5 heteroatoms. The Hall–Kier alpha value is -3.60. The number of benzene rings is 2. The first-order chi connectivity index (χ1) is 14.8. The SMILES string of the molecule is COc1cc(C=CCCNC(=O)OCC2c3ccccc3-c3ccccc32)ccn1. The minimum absolute atomic E-state index is 0.0738. The van der Waals surface area contributed by atoms with Gasteiger partial charge < -0.3 is 14.8 Å². The van der Waals surface area contributed by atoms with Gasteiger partial charge in [-0.05, 0) is 40.3 Å². The van der Waals surface area contributed by atoms with E-state index in [1.54, 1.807) is 13.3 Å². The van der Waals surface area contributed by atoms with Crippen LogP contribution < -0.4 is 10.1 Å². The number of rotatable bonds is 7. The second-order valence-electron chi connectivity index (χ2n) is 7.07. The van der Waals surface area contributed by atoms with Gasteiger partial charge in [0.2, 0.25) is 5.88 Å². The second-order valence-corrected chi connectivity index (χ2v) is 7.07. The van der Waals surface area contributed by atoms with Gasteiger partial charge in [-0.1, -0.05) is 60.7 Å². The highest BCUT2D eigenvalue weighted by molar-refractivity contribution is 5.79. The Labute approximate surface area is 176 Å². The highest BCUT2D eigenvalue weighted by Gasteiger charge is 2.28. The molecule has 1 aliphatic carbocycles. The number of pyridine rings is 1. The monoisotopic (exact) mass is 400 g/mol. The number of hydrogen-bond acceptors (Lipinski definition) is 4. The zero-order valence-corrected chi connectivity index (χ0v) is 16.9. The first-order valence-electron chi connectivity index (χ1n) is 10.0. The number of alkyl carbamates (subject to hydrolysis) is 1. The van der Waals surface area contributed by atoms with E-state index in [1.807, 2.05) is 48.6 Å². The molecule has 2 aromatic carbocycles. The van der Waals surface area contributed by atoms with Crippen molar-refractivity contribution in [2.75, 3.05) is 20.3 Å². The highest BCUT2D eigenvalue weighted by atomic mass is 16.5. The van der Waals surface area contributed by atoms with E-state index in [-0.39, 0.29) is 5.92 Å².